The van der Waals surface area contributed by atoms with Gasteiger partial charge in [0.15, 0.2) is 11.5 Å². The molecule has 3 aromatic carbocycles. The highest BCUT2D eigenvalue weighted by molar-refractivity contribution is 6.30. The van der Waals surface area contributed by atoms with Crippen LogP contribution in [-0.2, 0) is 11.3 Å². The first-order chi connectivity index (χ1) is 14.5. The maximum Gasteiger partial charge on any atom is 0.291 e. The number of halogens is 2. The van der Waals surface area contributed by atoms with Crippen molar-refractivity contribution in [2.24, 2.45) is 0 Å². The van der Waals surface area contributed by atoms with Crippen LogP contribution in [0.15, 0.2) is 72.5 Å². The molecule has 0 fully saturated rings. The standard InChI is InChI=1S/C23H16ClFN2O3/c24-17-8-5-14(6-9-17)11-21-23(29)27-19-12-15(7-10-20(19)30-21)22(28)26-13-16-3-1-2-4-18(16)25/h1-12H,13H2,(H,26,28)(H,27,29). The summed E-state index contributed by atoms with van der Waals surface area (Å²) in [5, 5.41) is 5.98. The Morgan fingerprint density at radius 1 is 1.10 bits per heavy atom. The van der Waals surface area contributed by atoms with Gasteiger partial charge in [-0.3, -0.25) is 9.59 Å². The fourth-order valence-electron chi connectivity index (χ4n) is 2.93. The smallest absolute Gasteiger partial charge is 0.291 e. The van der Waals surface area contributed by atoms with E-state index in [1.807, 2.05) is 0 Å². The minimum Gasteiger partial charge on any atom is -0.449 e. The van der Waals surface area contributed by atoms with Crippen molar-refractivity contribution in [2.75, 3.05) is 5.32 Å². The number of fused-ring (bicyclic) bond motifs is 1. The van der Waals surface area contributed by atoms with Crippen molar-refractivity contribution in [3.8, 4) is 5.75 Å². The number of benzene rings is 3. The van der Waals surface area contributed by atoms with Gasteiger partial charge >= 0.3 is 0 Å². The van der Waals surface area contributed by atoms with Crippen LogP contribution in [0.4, 0.5) is 10.1 Å². The van der Waals surface area contributed by atoms with Crippen LogP contribution in [0.3, 0.4) is 0 Å². The summed E-state index contributed by atoms with van der Waals surface area (Å²) in [6.45, 7) is 0.0550. The van der Waals surface area contributed by atoms with Crippen molar-refractivity contribution in [3.63, 3.8) is 0 Å². The normalized spacial score (nSPS) is 13.9. The summed E-state index contributed by atoms with van der Waals surface area (Å²) in [5.74, 6) is -0.662. The summed E-state index contributed by atoms with van der Waals surface area (Å²) in [5.41, 5.74) is 1.85. The first kappa shape index (κ1) is 19.7. The summed E-state index contributed by atoms with van der Waals surface area (Å²) in [4.78, 5) is 24.8. The lowest BCUT2D eigenvalue weighted by atomic mass is 10.1. The van der Waals surface area contributed by atoms with Crippen LogP contribution >= 0.6 is 11.6 Å². The third kappa shape index (κ3) is 4.34. The molecule has 0 spiro atoms. The molecule has 150 valence electrons. The van der Waals surface area contributed by atoms with Gasteiger partial charge in [-0.2, -0.15) is 0 Å². The predicted octanol–water partition coefficient (Wildman–Crippen LogP) is 4.78. The summed E-state index contributed by atoms with van der Waals surface area (Å²) in [7, 11) is 0. The fraction of sp³-hybridized carbons (Fsp3) is 0.0435. The van der Waals surface area contributed by atoms with Crippen molar-refractivity contribution in [1.82, 2.24) is 5.32 Å². The number of carbonyl (C=O) groups excluding carboxylic acids is 2. The number of hydrogen-bond acceptors (Lipinski definition) is 3. The molecule has 1 heterocycles. The molecule has 2 N–H and O–H groups in total. The van der Waals surface area contributed by atoms with Gasteiger partial charge in [-0.25, -0.2) is 4.39 Å². The van der Waals surface area contributed by atoms with Crippen molar-refractivity contribution >= 4 is 35.2 Å². The lowest BCUT2D eigenvalue weighted by Crippen LogP contribution is -2.26. The van der Waals surface area contributed by atoms with Gasteiger partial charge in [-0.15, -0.1) is 0 Å². The van der Waals surface area contributed by atoms with E-state index < -0.39 is 11.8 Å². The second-order valence-electron chi connectivity index (χ2n) is 6.60. The average Bonchev–Trinajstić information content (AvgIpc) is 2.74. The van der Waals surface area contributed by atoms with Crippen molar-refractivity contribution in [1.29, 1.82) is 0 Å². The van der Waals surface area contributed by atoms with Crippen molar-refractivity contribution in [2.45, 2.75) is 6.54 Å². The molecule has 0 atom stereocenters. The van der Waals surface area contributed by atoms with Crippen LogP contribution in [0.1, 0.15) is 21.5 Å². The minimum atomic E-state index is -0.429. The number of nitrogens with one attached hydrogen (secondary N) is 2. The Morgan fingerprint density at radius 3 is 2.63 bits per heavy atom. The number of ether oxygens (including phenoxy) is 1. The van der Waals surface area contributed by atoms with Crippen LogP contribution in [0.25, 0.3) is 6.08 Å². The molecule has 5 nitrogen and oxygen atoms in total. The Labute approximate surface area is 177 Å². The first-order valence-electron chi connectivity index (χ1n) is 9.12. The monoisotopic (exact) mass is 422 g/mol. The molecule has 4 rings (SSSR count). The number of rotatable bonds is 4. The third-order valence-corrected chi connectivity index (χ3v) is 4.75. The van der Waals surface area contributed by atoms with Gasteiger partial charge in [0.1, 0.15) is 5.82 Å². The molecule has 3 aromatic rings. The zero-order valence-electron chi connectivity index (χ0n) is 15.6. The van der Waals surface area contributed by atoms with Gasteiger partial charge in [0.2, 0.25) is 0 Å². The Balaban J connectivity index is 1.48. The van der Waals surface area contributed by atoms with Crippen LogP contribution in [0, 0.1) is 5.82 Å². The zero-order chi connectivity index (χ0) is 21.1. The lowest BCUT2D eigenvalue weighted by molar-refractivity contribution is -0.115. The topological polar surface area (TPSA) is 67.4 Å². The van der Waals surface area contributed by atoms with Crippen LogP contribution in [0.2, 0.25) is 5.02 Å². The van der Waals surface area contributed by atoms with Gasteiger partial charge in [0.25, 0.3) is 11.8 Å². The Morgan fingerprint density at radius 2 is 1.87 bits per heavy atom. The van der Waals surface area contributed by atoms with Crippen molar-refractivity contribution in [3.05, 3.63) is 100 Å². The van der Waals surface area contributed by atoms with Gasteiger partial charge < -0.3 is 15.4 Å². The number of amides is 2. The lowest BCUT2D eigenvalue weighted by Gasteiger charge is -2.20. The van der Waals surface area contributed by atoms with Gasteiger partial charge in [-0.1, -0.05) is 41.9 Å². The first-order valence-corrected chi connectivity index (χ1v) is 9.49. The number of carbonyl (C=O) groups is 2. The van der Waals surface area contributed by atoms with E-state index in [1.165, 1.54) is 12.1 Å². The van der Waals surface area contributed by atoms with Crippen molar-refractivity contribution < 1.29 is 18.7 Å². The molecule has 0 unspecified atom stereocenters. The van der Waals surface area contributed by atoms with E-state index in [-0.39, 0.29) is 18.1 Å². The SMILES string of the molecule is O=C1Nc2cc(C(=O)NCc3ccccc3F)ccc2OC1=Cc1ccc(Cl)cc1. The average molecular weight is 423 g/mol. The molecule has 0 saturated carbocycles. The van der Waals surface area contributed by atoms with E-state index in [9.17, 15) is 14.0 Å². The van der Waals surface area contributed by atoms with Crippen LogP contribution < -0.4 is 15.4 Å². The molecule has 1 aliphatic heterocycles. The molecular formula is C23H16ClFN2O3. The fourth-order valence-corrected chi connectivity index (χ4v) is 3.06. The second-order valence-corrected chi connectivity index (χ2v) is 7.04. The Hall–Kier alpha value is -3.64. The molecule has 30 heavy (non-hydrogen) atoms. The molecule has 0 radical (unpaired) electrons. The molecule has 0 aromatic heterocycles. The Bertz CT molecular complexity index is 1160. The molecule has 2 amide bonds. The van der Waals surface area contributed by atoms with E-state index in [0.717, 1.165) is 5.56 Å². The van der Waals surface area contributed by atoms with E-state index in [2.05, 4.69) is 10.6 Å². The highest BCUT2D eigenvalue weighted by atomic mass is 35.5. The molecule has 0 saturated heterocycles. The molecule has 1 aliphatic rings. The predicted molar refractivity (Wildman–Crippen MR) is 113 cm³/mol. The number of anilines is 1. The summed E-state index contributed by atoms with van der Waals surface area (Å²) in [6, 6.07) is 17.9. The maximum absolute atomic E-state index is 13.7. The zero-order valence-corrected chi connectivity index (χ0v) is 16.4. The third-order valence-electron chi connectivity index (χ3n) is 4.50. The summed E-state index contributed by atoms with van der Waals surface area (Å²) >= 11 is 5.87. The highest BCUT2D eigenvalue weighted by Gasteiger charge is 2.23. The van der Waals surface area contributed by atoms with E-state index >= 15 is 0 Å². The minimum absolute atomic E-state index is 0.0550. The Kier molecular flexibility index (Phi) is 5.50. The molecule has 0 bridgehead atoms. The maximum atomic E-state index is 13.7. The van der Waals surface area contributed by atoms with Crippen LogP contribution in [-0.4, -0.2) is 11.8 Å². The summed E-state index contributed by atoms with van der Waals surface area (Å²) < 4.78 is 19.4. The molecular weight excluding hydrogens is 407 g/mol. The molecule has 7 heteroatoms. The summed E-state index contributed by atoms with van der Waals surface area (Å²) in [6.07, 6.45) is 1.60. The second kappa shape index (κ2) is 8.39. The van der Waals surface area contributed by atoms with E-state index in [1.54, 1.807) is 60.7 Å². The quantitative estimate of drug-likeness (QED) is 0.594. The highest BCUT2D eigenvalue weighted by Crippen LogP contribution is 2.32. The largest absolute Gasteiger partial charge is 0.449 e. The van der Waals surface area contributed by atoms with Gasteiger partial charge in [0.05, 0.1) is 5.69 Å². The van der Waals surface area contributed by atoms with Crippen LogP contribution in [0.5, 0.6) is 5.75 Å². The van der Waals surface area contributed by atoms with E-state index in [4.69, 9.17) is 16.3 Å². The van der Waals surface area contributed by atoms with Gasteiger partial charge in [-0.05, 0) is 48.0 Å². The molecule has 0 aliphatic carbocycles. The van der Waals surface area contributed by atoms with Gasteiger partial charge in [0, 0.05) is 22.7 Å². The van der Waals surface area contributed by atoms with E-state index in [0.29, 0.717) is 27.6 Å². The number of hydrogen-bond donors (Lipinski definition) is 2.